The zero-order chi connectivity index (χ0) is 15.7. The lowest BCUT2D eigenvalue weighted by Crippen LogP contribution is -2.52. The van der Waals surface area contributed by atoms with Crippen molar-refractivity contribution in [2.24, 2.45) is 0 Å². The molecular formula is C18H25NO3. The second-order valence-electron chi connectivity index (χ2n) is 6.49. The quantitative estimate of drug-likeness (QED) is 0.802. The minimum atomic E-state index is -0.525. The Labute approximate surface area is 132 Å². The lowest BCUT2D eigenvalue weighted by atomic mass is 9.70. The van der Waals surface area contributed by atoms with Crippen molar-refractivity contribution in [1.82, 2.24) is 4.90 Å². The van der Waals surface area contributed by atoms with E-state index in [9.17, 15) is 4.79 Å². The number of rotatable bonds is 4. The number of hydrogen-bond donors (Lipinski definition) is 0. The van der Waals surface area contributed by atoms with Crippen LogP contribution in [0.4, 0.5) is 0 Å². The van der Waals surface area contributed by atoms with Crippen LogP contribution in [-0.4, -0.2) is 43.7 Å². The Hall–Kier alpha value is -1.55. The summed E-state index contributed by atoms with van der Waals surface area (Å²) < 4.78 is 10.8. The first-order chi connectivity index (χ1) is 10.6. The van der Waals surface area contributed by atoms with Crippen LogP contribution in [0.5, 0.6) is 5.75 Å². The van der Waals surface area contributed by atoms with Crippen molar-refractivity contribution in [1.29, 1.82) is 0 Å². The lowest BCUT2D eigenvalue weighted by Gasteiger charge is -2.43. The number of fused-ring (bicyclic) bond motifs is 2. The average Bonchev–Trinajstić information content (AvgIpc) is 2.77. The second-order valence-corrected chi connectivity index (χ2v) is 6.49. The van der Waals surface area contributed by atoms with E-state index < -0.39 is 5.41 Å². The van der Waals surface area contributed by atoms with Gasteiger partial charge in [-0.2, -0.15) is 0 Å². The Morgan fingerprint density at radius 2 is 2.00 bits per heavy atom. The van der Waals surface area contributed by atoms with E-state index in [0.717, 1.165) is 24.2 Å². The highest BCUT2D eigenvalue weighted by atomic mass is 16.5. The van der Waals surface area contributed by atoms with Crippen LogP contribution in [0.2, 0.25) is 0 Å². The molecule has 120 valence electrons. The van der Waals surface area contributed by atoms with Crippen LogP contribution in [0.15, 0.2) is 24.3 Å². The fourth-order valence-electron chi connectivity index (χ4n) is 4.18. The van der Waals surface area contributed by atoms with Gasteiger partial charge in [0.05, 0.1) is 19.1 Å². The molecule has 4 heteroatoms. The Kier molecular flexibility index (Phi) is 4.13. The van der Waals surface area contributed by atoms with Gasteiger partial charge in [0.2, 0.25) is 0 Å². The molecule has 0 spiro atoms. The number of ether oxygens (including phenoxy) is 2. The van der Waals surface area contributed by atoms with Crippen LogP contribution in [-0.2, 0) is 14.9 Å². The predicted octanol–water partition coefficient (Wildman–Crippen LogP) is 2.75. The number of benzene rings is 1. The maximum Gasteiger partial charge on any atom is 0.316 e. The van der Waals surface area contributed by atoms with Crippen LogP contribution >= 0.6 is 0 Å². The molecule has 1 aromatic carbocycles. The van der Waals surface area contributed by atoms with Gasteiger partial charge in [-0.25, -0.2) is 0 Å². The smallest absolute Gasteiger partial charge is 0.316 e. The molecule has 2 fully saturated rings. The second kappa shape index (κ2) is 5.92. The molecule has 3 atom stereocenters. The molecule has 0 radical (unpaired) electrons. The molecule has 2 aliphatic heterocycles. The van der Waals surface area contributed by atoms with E-state index in [1.54, 1.807) is 7.11 Å². The van der Waals surface area contributed by atoms with E-state index in [2.05, 4.69) is 11.9 Å². The maximum atomic E-state index is 12.9. The van der Waals surface area contributed by atoms with Gasteiger partial charge in [-0.15, -0.1) is 0 Å². The van der Waals surface area contributed by atoms with Crippen molar-refractivity contribution in [3.8, 4) is 5.75 Å². The van der Waals surface area contributed by atoms with E-state index in [1.807, 2.05) is 31.2 Å². The van der Waals surface area contributed by atoms with Crippen molar-refractivity contribution in [3.05, 3.63) is 29.8 Å². The molecule has 0 saturated carbocycles. The highest BCUT2D eigenvalue weighted by Crippen LogP contribution is 2.47. The van der Waals surface area contributed by atoms with Gasteiger partial charge < -0.3 is 14.4 Å². The fourth-order valence-corrected chi connectivity index (χ4v) is 4.18. The summed E-state index contributed by atoms with van der Waals surface area (Å²) in [5.74, 6) is 0.723. The third kappa shape index (κ3) is 2.39. The monoisotopic (exact) mass is 303 g/mol. The summed E-state index contributed by atoms with van der Waals surface area (Å²) in [5, 5.41) is 0. The number of esters is 1. The van der Waals surface area contributed by atoms with Gasteiger partial charge in [0.1, 0.15) is 5.75 Å². The molecule has 4 nitrogen and oxygen atoms in total. The van der Waals surface area contributed by atoms with E-state index in [-0.39, 0.29) is 5.97 Å². The first-order valence-electron chi connectivity index (χ1n) is 8.14. The lowest BCUT2D eigenvalue weighted by molar-refractivity contribution is -0.153. The average molecular weight is 303 g/mol. The van der Waals surface area contributed by atoms with Crippen LogP contribution in [0, 0.1) is 0 Å². The normalized spacial score (nSPS) is 31.0. The van der Waals surface area contributed by atoms with Crippen molar-refractivity contribution in [2.45, 2.75) is 50.1 Å². The van der Waals surface area contributed by atoms with Crippen LogP contribution in [0.3, 0.4) is 0 Å². The van der Waals surface area contributed by atoms with E-state index >= 15 is 0 Å². The molecule has 0 aliphatic carbocycles. The minimum absolute atomic E-state index is 0.0757. The predicted molar refractivity (Wildman–Crippen MR) is 85.1 cm³/mol. The van der Waals surface area contributed by atoms with Gasteiger partial charge in [-0.1, -0.05) is 12.1 Å². The number of carbonyl (C=O) groups excluding carboxylic acids is 1. The summed E-state index contributed by atoms with van der Waals surface area (Å²) in [6.45, 7) is 2.30. The van der Waals surface area contributed by atoms with E-state index in [0.29, 0.717) is 18.7 Å². The van der Waals surface area contributed by atoms with Gasteiger partial charge in [-0.3, -0.25) is 4.79 Å². The fraction of sp³-hybridized carbons (Fsp3) is 0.611. The molecule has 2 bridgehead atoms. The van der Waals surface area contributed by atoms with Gasteiger partial charge >= 0.3 is 5.97 Å². The van der Waals surface area contributed by atoms with Crippen LogP contribution in [0.25, 0.3) is 0 Å². The first-order valence-corrected chi connectivity index (χ1v) is 8.14. The summed E-state index contributed by atoms with van der Waals surface area (Å²) in [7, 11) is 3.84. The summed E-state index contributed by atoms with van der Waals surface area (Å²) in [5.41, 5.74) is 0.512. The third-order valence-electron chi connectivity index (χ3n) is 5.44. The molecule has 1 aromatic rings. The number of methoxy groups -OCH3 is 1. The van der Waals surface area contributed by atoms with Crippen molar-refractivity contribution >= 4 is 5.97 Å². The van der Waals surface area contributed by atoms with Gasteiger partial charge in [-0.05, 0) is 57.4 Å². The molecule has 0 N–H and O–H groups in total. The summed E-state index contributed by atoms with van der Waals surface area (Å²) in [6, 6.07) is 8.87. The first kappa shape index (κ1) is 15.3. The molecule has 22 heavy (non-hydrogen) atoms. The number of nitrogens with zero attached hydrogens (tertiary/aromatic N) is 1. The molecule has 2 saturated heterocycles. The molecule has 3 rings (SSSR count). The van der Waals surface area contributed by atoms with E-state index in [1.165, 1.54) is 12.8 Å². The summed E-state index contributed by atoms with van der Waals surface area (Å²) in [6.07, 6.45) is 4.02. The van der Waals surface area contributed by atoms with E-state index in [4.69, 9.17) is 9.47 Å². The molecule has 1 unspecified atom stereocenters. The highest BCUT2D eigenvalue weighted by Gasteiger charge is 2.52. The molecule has 0 amide bonds. The Morgan fingerprint density at radius 3 is 2.59 bits per heavy atom. The SMILES string of the molecule is CCOC(=O)C1(c2cccc(OC)c2)C[C@H]2CC[C@@H](C1)N2C. The maximum absolute atomic E-state index is 12.9. The van der Waals surface area contributed by atoms with Crippen molar-refractivity contribution in [2.75, 3.05) is 20.8 Å². The largest absolute Gasteiger partial charge is 0.497 e. The summed E-state index contributed by atoms with van der Waals surface area (Å²) >= 11 is 0. The van der Waals surface area contributed by atoms with Crippen LogP contribution < -0.4 is 4.74 Å². The van der Waals surface area contributed by atoms with Crippen LogP contribution in [0.1, 0.15) is 38.2 Å². The Morgan fingerprint density at radius 1 is 1.32 bits per heavy atom. The van der Waals surface area contributed by atoms with Crippen molar-refractivity contribution < 1.29 is 14.3 Å². The number of piperidine rings is 1. The van der Waals surface area contributed by atoms with Gasteiger partial charge in [0.15, 0.2) is 0 Å². The Balaban J connectivity index is 2.02. The van der Waals surface area contributed by atoms with Gasteiger partial charge in [0.25, 0.3) is 0 Å². The van der Waals surface area contributed by atoms with Gasteiger partial charge in [0, 0.05) is 12.1 Å². The van der Waals surface area contributed by atoms with Crippen molar-refractivity contribution in [3.63, 3.8) is 0 Å². The molecule has 2 heterocycles. The topological polar surface area (TPSA) is 38.8 Å². The summed E-state index contributed by atoms with van der Waals surface area (Å²) in [4.78, 5) is 15.3. The standard InChI is InChI=1S/C18H25NO3/c1-4-22-17(20)18(13-6-5-7-16(10-13)21-3)11-14-8-9-15(12-18)19(14)2/h5-7,10,14-15H,4,8-9,11-12H2,1-3H3/t14-,15+,18?. The number of hydrogen-bond acceptors (Lipinski definition) is 4. The Bertz CT molecular complexity index is 543. The number of carbonyl (C=O) groups is 1. The minimum Gasteiger partial charge on any atom is -0.497 e. The third-order valence-corrected chi connectivity index (χ3v) is 5.44. The molecular weight excluding hydrogens is 278 g/mol. The molecule has 0 aromatic heterocycles. The zero-order valence-electron chi connectivity index (χ0n) is 13.7. The highest BCUT2D eigenvalue weighted by molar-refractivity contribution is 5.84. The zero-order valence-corrected chi connectivity index (χ0v) is 13.7. The molecule has 2 aliphatic rings.